The lowest BCUT2D eigenvalue weighted by Gasteiger charge is -2.05. The highest BCUT2D eigenvalue weighted by molar-refractivity contribution is 8.00. The molecule has 0 spiro atoms. The van der Waals surface area contributed by atoms with Gasteiger partial charge < -0.3 is 9.71 Å². The van der Waals surface area contributed by atoms with Gasteiger partial charge >= 0.3 is 6.18 Å². The van der Waals surface area contributed by atoms with Crippen molar-refractivity contribution in [1.82, 2.24) is 9.97 Å². The summed E-state index contributed by atoms with van der Waals surface area (Å²) in [5.74, 6) is 0. The molecule has 24 heavy (non-hydrogen) atoms. The fourth-order valence-electron chi connectivity index (χ4n) is 1.88. The van der Waals surface area contributed by atoms with Gasteiger partial charge in [-0.1, -0.05) is 26.0 Å². The van der Waals surface area contributed by atoms with Gasteiger partial charge in [0.05, 0.1) is 16.8 Å². The van der Waals surface area contributed by atoms with Gasteiger partial charge in [0.15, 0.2) is 5.01 Å². The number of anilines is 1. The molecule has 3 aromatic rings. The second kappa shape index (κ2) is 7.59. The molecule has 0 radical (unpaired) electrons. The fourth-order valence-corrected chi connectivity index (χ4v) is 3.34. The van der Waals surface area contributed by atoms with Gasteiger partial charge in [0, 0.05) is 28.9 Å². The van der Waals surface area contributed by atoms with Crippen molar-refractivity contribution in [1.29, 1.82) is 5.26 Å². The molecule has 9 heteroatoms. The standard InChI is InChI=1S/C13H7F3N4S2.C2H6/c14-13(15,16)12-19-10(6-21-12)22-20-9-3-1-2-8-7(4-17)5-18-11(8)9;1-2/h1-3,5-6,18,20H;1-2H3. The quantitative estimate of drug-likeness (QED) is 0.584. The van der Waals surface area contributed by atoms with Gasteiger partial charge in [0.1, 0.15) is 11.1 Å². The molecule has 0 unspecified atom stereocenters. The molecule has 0 saturated carbocycles. The van der Waals surface area contributed by atoms with Crippen molar-refractivity contribution in [3.63, 3.8) is 0 Å². The predicted molar refractivity (Wildman–Crippen MR) is 91.0 cm³/mol. The van der Waals surface area contributed by atoms with Crippen molar-refractivity contribution in [2.24, 2.45) is 0 Å². The molecule has 2 aromatic heterocycles. The molecule has 2 heterocycles. The molecule has 0 fully saturated rings. The Bertz CT molecular complexity index is 862. The summed E-state index contributed by atoms with van der Waals surface area (Å²) in [4.78, 5) is 6.51. The van der Waals surface area contributed by atoms with E-state index in [9.17, 15) is 13.2 Å². The Kier molecular flexibility index (Phi) is 5.75. The normalized spacial score (nSPS) is 10.8. The van der Waals surface area contributed by atoms with Crippen molar-refractivity contribution >= 4 is 39.9 Å². The number of hydrogen-bond acceptors (Lipinski definition) is 5. The van der Waals surface area contributed by atoms with E-state index in [2.05, 4.69) is 20.8 Å². The van der Waals surface area contributed by atoms with Crippen molar-refractivity contribution in [2.45, 2.75) is 25.0 Å². The minimum Gasteiger partial charge on any atom is -0.358 e. The summed E-state index contributed by atoms with van der Waals surface area (Å²) in [6, 6.07) is 7.40. The summed E-state index contributed by atoms with van der Waals surface area (Å²) < 4.78 is 40.5. The summed E-state index contributed by atoms with van der Waals surface area (Å²) in [6.07, 6.45) is -2.84. The van der Waals surface area contributed by atoms with Crippen LogP contribution in [0.2, 0.25) is 0 Å². The van der Waals surface area contributed by atoms with Crippen molar-refractivity contribution in [3.8, 4) is 6.07 Å². The zero-order valence-corrected chi connectivity index (χ0v) is 14.4. The topological polar surface area (TPSA) is 64.5 Å². The molecule has 3 rings (SSSR count). The minimum absolute atomic E-state index is 0.237. The lowest BCUT2D eigenvalue weighted by atomic mass is 10.2. The first-order valence-electron chi connectivity index (χ1n) is 6.95. The lowest BCUT2D eigenvalue weighted by molar-refractivity contribution is -0.137. The van der Waals surface area contributed by atoms with Crippen LogP contribution in [-0.4, -0.2) is 9.97 Å². The van der Waals surface area contributed by atoms with Gasteiger partial charge in [-0.3, -0.25) is 0 Å². The summed E-state index contributed by atoms with van der Waals surface area (Å²) in [5, 5.41) is 10.5. The van der Waals surface area contributed by atoms with Crippen LogP contribution in [0.25, 0.3) is 10.9 Å². The molecule has 0 atom stereocenters. The molecule has 0 bridgehead atoms. The second-order valence-corrected chi connectivity index (χ2v) is 5.92. The van der Waals surface area contributed by atoms with Crippen LogP contribution in [0, 0.1) is 11.3 Å². The van der Waals surface area contributed by atoms with Gasteiger partial charge in [-0.05, 0) is 6.07 Å². The number of halogens is 3. The lowest BCUT2D eigenvalue weighted by Crippen LogP contribution is -2.03. The van der Waals surface area contributed by atoms with Crippen LogP contribution in [-0.2, 0) is 6.18 Å². The van der Waals surface area contributed by atoms with E-state index in [-0.39, 0.29) is 5.03 Å². The maximum Gasteiger partial charge on any atom is 0.443 e. The fraction of sp³-hybridized carbons (Fsp3) is 0.200. The number of H-pyrrole nitrogens is 1. The van der Waals surface area contributed by atoms with Crippen LogP contribution in [0.1, 0.15) is 24.4 Å². The number of aromatic amines is 1. The van der Waals surface area contributed by atoms with Crippen LogP contribution < -0.4 is 4.72 Å². The number of fused-ring (bicyclic) bond motifs is 1. The highest BCUT2D eigenvalue weighted by atomic mass is 32.2. The van der Waals surface area contributed by atoms with Gasteiger partial charge in [-0.2, -0.15) is 18.4 Å². The summed E-state index contributed by atoms with van der Waals surface area (Å²) in [7, 11) is 0. The molecule has 0 aliphatic heterocycles. The third-order valence-corrected chi connectivity index (χ3v) is 4.60. The Balaban J connectivity index is 0.00000100. The number of alkyl halides is 3. The van der Waals surface area contributed by atoms with Crippen LogP contribution >= 0.6 is 23.3 Å². The number of hydrogen-bond donors (Lipinski definition) is 2. The number of thiazole rings is 1. The smallest absolute Gasteiger partial charge is 0.358 e. The Morgan fingerprint density at radius 3 is 2.71 bits per heavy atom. The number of nitrogens with zero attached hydrogens (tertiary/aromatic N) is 2. The SMILES string of the molecule is CC.N#Cc1c[nH]c2c(NSc3csc(C(F)(F)F)n3)cccc12. The van der Waals surface area contributed by atoms with Gasteiger partial charge in [0.2, 0.25) is 0 Å². The molecule has 0 amide bonds. The zero-order valence-electron chi connectivity index (χ0n) is 12.7. The zero-order chi connectivity index (χ0) is 17.7. The number of aromatic nitrogens is 2. The van der Waals surface area contributed by atoms with E-state index in [0.717, 1.165) is 22.9 Å². The molecule has 1 aromatic carbocycles. The Morgan fingerprint density at radius 2 is 2.08 bits per heavy atom. The van der Waals surface area contributed by atoms with Crippen molar-refractivity contribution in [2.75, 3.05) is 4.72 Å². The summed E-state index contributed by atoms with van der Waals surface area (Å²) in [5.41, 5.74) is 1.90. The number of rotatable bonds is 3. The third-order valence-electron chi connectivity index (χ3n) is 2.83. The van der Waals surface area contributed by atoms with Crippen LogP contribution in [0.5, 0.6) is 0 Å². The van der Waals surface area contributed by atoms with Crippen molar-refractivity contribution < 1.29 is 13.2 Å². The van der Waals surface area contributed by atoms with Crippen molar-refractivity contribution in [3.05, 3.63) is 40.3 Å². The average Bonchev–Trinajstić information content (AvgIpc) is 3.21. The first-order valence-corrected chi connectivity index (χ1v) is 8.64. The van der Waals surface area contributed by atoms with E-state index in [1.165, 1.54) is 5.38 Å². The van der Waals surface area contributed by atoms with Crippen LogP contribution in [0.4, 0.5) is 18.9 Å². The van der Waals surface area contributed by atoms with Gasteiger partial charge in [0.25, 0.3) is 0 Å². The summed E-state index contributed by atoms with van der Waals surface area (Å²) in [6.45, 7) is 4.00. The number of para-hydroxylation sites is 1. The molecule has 2 N–H and O–H groups in total. The van der Waals surface area contributed by atoms with E-state index in [4.69, 9.17) is 5.26 Å². The van der Waals surface area contributed by atoms with E-state index < -0.39 is 11.2 Å². The Labute approximate surface area is 144 Å². The minimum atomic E-state index is -4.43. The molecule has 0 aliphatic rings. The number of nitrogens with one attached hydrogen (secondary N) is 2. The Hall–Kier alpha value is -2.18. The molecule has 0 aliphatic carbocycles. The van der Waals surface area contributed by atoms with Crippen LogP contribution in [0.15, 0.2) is 34.8 Å². The van der Waals surface area contributed by atoms with Gasteiger partial charge in [-0.25, -0.2) is 4.98 Å². The highest BCUT2D eigenvalue weighted by Gasteiger charge is 2.34. The highest BCUT2D eigenvalue weighted by Crippen LogP contribution is 2.35. The largest absolute Gasteiger partial charge is 0.443 e. The van der Waals surface area contributed by atoms with E-state index in [0.29, 0.717) is 22.6 Å². The molecular formula is C15H13F3N4S2. The maximum atomic E-state index is 12.5. The van der Waals surface area contributed by atoms with Gasteiger partial charge in [-0.15, -0.1) is 11.3 Å². The van der Waals surface area contributed by atoms with E-state index >= 15 is 0 Å². The first kappa shape index (κ1) is 18.2. The molecule has 4 nitrogen and oxygen atoms in total. The molecule has 126 valence electrons. The maximum absolute atomic E-state index is 12.5. The monoisotopic (exact) mass is 370 g/mol. The van der Waals surface area contributed by atoms with Crippen LogP contribution in [0.3, 0.4) is 0 Å². The third kappa shape index (κ3) is 3.83. The predicted octanol–water partition coefficient (Wildman–Crippen LogP) is 5.66. The van der Waals surface area contributed by atoms with E-state index in [1.807, 2.05) is 13.8 Å². The number of benzene rings is 1. The average molecular weight is 370 g/mol. The van der Waals surface area contributed by atoms with E-state index in [1.54, 1.807) is 24.4 Å². The number of nitriles is 1. The molecular weight excluding hydrogens is 357 g/mol. The first-order chi connectivity index (χ1) is 11.5. The summed E-state index contributed by atoms with van der Waals surface area (Å²) >= 11 is 1.54. The molecule has 0 saturated heterocycles. The second-order valence-electron chi connectivity index (χ2n) is 4.24. The Morgan fingerprint density at radius 1 is 1.33 bits per heavy atom.